The van der Waals surface area contributed by atoms with E-state index in [9.17, 15) is 17.7 Å². The highest BCUT2D eigenvalue weighted by atomic mass is 32.2. The number of halogens is 3. The predicted octanol–water partition coefficient (Wildman–Crippen LogP) is 2.87. The molecule has 1 unspecified atom stereocenters. The average Bonchev–Trinajstić information content (AvgIpc) is 3.13. The van der Waals surface area contributed by atoms with Gasteiger partial charge >= 0.3 is 11.3 Å². The second kappa shape index (κ2) is 10.6. The van der Waals surface area contributed by atoms with E-state index in [-0.39, 0.29) is 18.1 Å². The molecule has 2 aromatic heterocycles. The summed E-state index contributed by atoms with van der Waals surface area (Å²) in [5.74, 6) is 0.0958. The Labute approximate surface area is 174 Å². The predicted molar refractivity (Wildman–Crippen MR) is 105 cm³/mol. The van der Waals surface area contributed by atoms with Gasteiger partial charge in [-0.3, -0.25) is 9.97 Å². The fourth-order valence-corrected chi connectivity index (χ4v) is 3.35. The van der Waals surface area contributed by atoms with Gasteiger partial charge in [0.15, 0.2) is 12.4 Å². The molecular formula is C19H22F3N3O4S. The minimum atomic E-state index is -4.42. The number of imidazole rings is 1. The third-order valence-electron chi connectivity index (χ3n) is 3.77. The van der Waals surface area contributed by atoms with Gasteiger partial charge in [-0.2, -0.15) is 18.2 Å². The summed E-state index contributed by atoms with van der Waals surface area (Å²) >= 11 is -1.51. The van der Waals surface area contributed by atoms with Crippen molar-refractivity contribution in [2.75, 3.05) is 13.2 Å². The lowest BCUT2D eigenvalue weighted by molar-refractivity contribution is -0.153. The van der Waals surface area contributed by atoms with Gasteiger partial charge in [-0.25, -0.2) is 0 Å². The standard InChI is InChI=1S/C16H14F3N3O2S.C3H8O2/c1-10-13(20-7-6-14(10)24-9-16(17,18)19)8-25(23)15-21-11-4-2-3-5-12(11)22-15;1-3(5)2-4/h2-7H,8-9H2,1H3,(H,21,22);3-5H,2H2,1H3/t25-;/m1./s1. The summed E-state index contributed by atoms with van der Waals surface area (Å²) in [7, 11) is 0. The summed E-state index contributed by atoms with van der Waals surface area (Å²) in [6.45, 7) is 1.59. The van der Waals surface area contributed by atoms with E-state index in [0.29, 0.717) is 21.9 Å². The smallest absolute Gasteiger partial charge is 0.422 e. The molecule has 0 spiro atoms. The van der Waals surface area contributed by atoms with Crippen LogP contribution in [0.15, 0.2) is 41.7 Å². The molecule has 2 atom stereocenters. The Bertz CT molecular complexity index is 917. The van der Waals surface area contributed by atoms with Crippen molar-refractivity contribution in [2.24, 2.45) is 0 Å². The molecule has 0 aliphatic rings. The van der Waals surface area contributed by atoms with Gasteiger partial charge in [0.25, 0.3) is 0 Å². The maximum Gasteiger partial charge on any atom is 0.422 e. The monoisotopic (exact) mass is 445 g/mol. The molecule has 30 heavy (non-hydrogen) atoms. The first-order chi connectivity index (χ1) is 14.1. The number of aliphatic hydroxyl groups is 2. The number of hydrogen-bond acceptors (Lipinski definition) is 6. The molecule has 0 aliphatic carbocycles. The van der Waals surface area contributed by atoms with E-state index in [1.165, 1.54) is 19.2 Å². The normalized spacial score (nSPS) is 13.5. The van der Waals surface area contributed by atoms with Crippen LogP contribution in [0.2, 0.25) is 0 Å². The van der Waals surface area contributed by atoms with Crippen molar-refractivity contribution in [3.05, 3.63) is 47.8 Å². The molecule has 7 nitrogen and oxygen atoms in total. The van der Waals surface area contributed by atoms with E-state index in [0.717, 1.165) is 5.52 Å². The van der Waals surface area contributed by atoms with Gasteiger partial charge < -0.3 is 19.5 Å². The van der Waals surface area contributed by atoms with Crippen molar-refractivity contribution in [3.63, 3.8) is 0 Å². The van der Waals surface area contributed by atoms with Gasteiger partial charge in [0.05, 0.1) is 29.4 Å². The highest BCUT2D eigenvalue weighted by Gasteiger charge is 2.29. The number of rotatable bonds is 6. The van der Waals surface area contributed by atoms with Gasteiger partial charge in [-0.1, -0.05) is 12.1 Å². The van der Waals surface area contributed by atoms with Crippen LogP contribution in [0, 0.1) is 6.92 Å². The molecule has 2 heterocycles. The SMILES string of the molecule is CC(O)CO.Cc1c(OCC(F)(F)F)ccnc1C[S@@+]([O-])c1nc2ccccc2[nH]1. The molecule has 0 aliphatic heterocycles. The van der Waals surface area contributed by atoms with Crippen molar-refractivity contribution in [2.45, 2.75) is 37.0 Å². The van der Waals surface area contributed by atoms with Crippen LogP contribution in [0.1, 0.15) is 18.2 Å². The first-order valence-electron chi connectivity index (χ1n) is 8.86. The first-order valence-corrected chi connectivity index (χ1v) is 10.2. The molecule has 11 heteroatoms. The third kappa shape index (κ3) is 7.17. The lowest BCUT2D eigenvalue weighted by Gasteiger charge is -2.14. The lowest BCUT2D eigenvalue weighted by atomic mass is 10.2. The molecule has 0 saturated heterocycles. The summed E-state index contributed by atoms with van der Waals surface area (Å²) in [6.07, 6.45) is -3.65. The van der Waals surface area contributed by atoms with Crippen LogP contribution in [0.5, 0.6) is 5.75 Å². The second-order valence-electron chi connectivity index (χ2n) is 6.37. The number of hydrogen-bond donors (Lipinski definition) is 3. The molecule has 0 radical (unpaired) electrons. The van der Waals surface area contributed by atoms with Crippen LogP contribution in [0.3, 0.4) is 0 Å². The number of H-pyrrole nitrogens is 1. The Morgan fingerprint density at radius 3 is 2.53 bits per heavy atom. The number of pyridine rings is 1. The number of alkyl halides is 3. The topological polar surface area (TPSA) is 114 Å². The Morgan fingerprint density at radius 1 is 1.27 bits per heavy atom. The molecule has 164 valence electrons. The number of nitrogens with zero attached hydrogens (tertiary/aromatic N) is 2. The number of nitrogens with one attached hydrogen (secondary N) is 1. The summed E-state index contributed by atoms with van der Waals surface area (Å²) in [5, 5.41) is 16.3. The van der Waals surface area contributed by atoms with Crippen molar-refractivity contribution in [1.82, 2.24) is 15.0 Å². The number of aliphatic hydroxyl groups excluding tert-OH is 2. The molecule has 0 bridgehead atoms. The largest absolute Gasteiger partial charge is 0.609 e. The van der Waals surface area contributed by atoms with Crippen molar-refractivity contribution in [1.29, 1.82) is 0 Å². The molecule has 0 fully saturated rings. The van der Waals surface area contributed by atoms with Crippen LogP contribution >= 0.6 is 0 Å². The van der Waals surface area contributed by atoms with Crippen LogP contribution in [0.25, 0.3) is 11.0 Å². The van der Waals surface area contributed by atoms with Crippen molar-refractivity contribution >= 4 is 22.2 Å². The number of fused-ring (bicyclic) bond motifs is 1. The van der Waals surface area contributed by atoms with Gasteiger partial charge in [-0.05, 0) is 32.0 Å². The number of benzene rings is 1. The fourth-order valence-electron chi connectivity index (χ4n) is 2.25. The lowest BCUT2D eigenvalue weighted by Crippen LogP contribution is -2.20. The summed E-state index contributed by atoms with van der Waals surface area (Å²) in [4.78, 5) is 11.3. The van der Waals surface area contributed by atoms with E-state index in [4.69, 9.17) is 14.9 Å². The van der Waals surface area contributed by atoms with Crippen LogP contribution in [0.4, 0.5) is 13.2 Å². The summed E-state index contributed by atoms with van der Waals surface area (Å²) in [6, 6.07) is 8.62. The zero-order valence-electron chi connectivity index (χ0n) is 16.3. The van der Waals surface area contributed by atoms with E-state index < -0.39 is 30.1 Å². The average molecular weight is 445 g/mol. The quantitative estimate of drug-likeness (QED) is 0.503. The molecule has 0 amide bonds. The van der Waals surface area contributed by atoms with E-state index in [1.807, 2.05) is 18.2 Å². The van der Waals surface area contributed by atoms with Crippen LogP contribution in [-0.4, -0.2) is 55.2 Å². The van der Waals surface area contributed by atoms with Crippen LogP contribution in [-0.2, 0) is 16.9 Å². The molecule has 3 rings (SSSR count). The van der Waals surface area contributed by atoms with Crippen molar-refractivity contribution in [3.8, 4) is 5.75 Å². The molecular weight excluding hydrogens is 423 g/mol. The minimum absolute atomic E-state index is 0.0227. The molecule has 0 saturated carbocycles. The van der Waals surface area contributed by atoms with Crippen LogP contribution < -0.4 is 4.74 Å². The number of aromatic amines is 1. The fraction of sp³-hybridized carbons (Fsp3) is 0.368. The van der Waals surface area contributed by atoms with E-state index in [1.54, 1.807) is 13.0 Å². The minimum Gasteiger partial charge on any atom is -0.609 e. The molecule has 3 aromatic rings. The third-order valence-corrected chi connectivity index (χ3v) is 4.93. The molecule has 3 N–H and O–H groups in total. The summed E-state index contributed by atoms with van der Waals surface area (Å²) in [5.41, 5.74) is 2.28. The number of aromatic nitrogens is 3. The second-order valence-corrected chi connectivity index (χ2v) is 7.73. The zero-order chi connectivity index (χ0) is 22.3. The Morgan fingerprint density at radius 2 is 1.93 bits per heavy atom. The zero-order valence-corrected chi connectivity index (χ0v) is 17.1. The van der Waals surface area contributed by atoms with Gasteiger partial charge in [-0.15, -0.1) is 0 Å². The Kier molecular flexibility index (Phi) is 8.47. The van der Waals surface area contributed by atoms with E-state index in [2.05, 4.69) is 15.0 Å². The van der Waals surface area contributed by atoms with Gasteiger partial charge in [0.1, 0.15) is 5.75 Å². The maximum absolute atomic E-state index is 12.5. The maximum atomic E-state index is 12.5. The van der Waals surface area contributed by atoms with Crippen molar-refractivity contribution < 1.29 is 32.7 Å². The number of ether oxygens (including phenoxy) is 1. The Balaban J connectivity index is 0.000000575. The highest BCUT2D eigenvalue weighted by molar-refractivity contribution is 7.90. The van der Waals surface area contributed by atoms with Gasteiger partial charge in [0, 0.05) is 22.9 Å². The number of para-hydroxylation sites is 2. The highest BCUT2D eigenvalue weighted by Crippen LogP contribution is 2.25. The molecule has 1 aromatic carbocycles. The Hall–Kier alpha value is -2.34. The van der Waals surface area contributed by atoms with Gasteiger partial charge in [0.2, 0.25) is 0 Å². The van der Waals surface area contributed by atoms with E-state index >= 15 is 0 Å². The summed E-state index contributed by atoms with van der Waals surface area (Å²) < 4.78 is 54.2. The first kappa shape index (κ1) is 23.9.